The summed E-state index contributed by atoms with van der Waals surface area (Å²) in [5.41, 5.74) is 1.12. The van der Waals surface area contributed by atoms with E-state index in [-0.39, 0.29) is 11.2 Å². The third kappa shape index (κ3) is 2.62. The van der Waals surface area contributed by atoms with Gasteiger partial charge in [0.1, 0.15) is 0 Å². The van der Waals surface area contributed by atoms with Crippen molar-refractivity contribution < 1.29 is 9.31 Å². The molecule has 0 unspecified atom stereocenters. The molecule has 116 valence electrons. The summed E-state index contributed by atoms with van der Waals surface area (Å²) in [4.78, 5) is 4.50. The van der Waals surface area contributed by atoms with Crippen molar-refractivity contribution in [2.45, 2.75) is 45.8 Å². The van der Waals surface area contributed by atoms with E-state index < -0.39 is 7.12 Å². The molecule has 3 heterocycles. The van der Waals surface area contributed by atoms with Crippen molar-refractivity contribution in [2.24, 2.45) is 0 Å². The number of rotatable bonds is 2. The number of hydrogen-bond donors (Lipinski definition) is 0. The molecule has 0 radical (unpaired) electrons. The molecule has 22 heavy (non-hydrogen) atoms. The Hall–Kier alpha value is -1.18. The van der Waals surface area contributed by atoms with Crippen molar-refractivity contribution >= 4 is 28.5 Å². The van der Waals surface area contributed by atoms with Crippen molar-refractivity contribution in [3.8, 4) is 5.82 Å². The monoisotopic (exact) mass is 363 g/mol. The van der Waals surface area contributed by atoms with Crippen LogP contribution < -0.4 is 5.46 Å². The van der Waals surface area contributed by atoms with Crippen LogP contribution in [0.5, 0.6) is 0 Å². The molecule has 0 aromatic carbocycles. The van der Waals surface area contributed by atoms with Crippen molar-refractivity contribution in [3.63, 3.8) is 0 Å². The molecule has 1 aliphatic heterocycles. The highest BCUT2D eigenvalue weighted by Crippen LogP contribution is 2.36. The van der Waals surface area contributed by atoms with Gasteiger partial charge in [-0.05, 0) is 62.7 Å². The Morgan fingerprint density at radius 1 is 1.18 bits per heavy atom. The molecular weight excluding hydrogens is 345 g/mol. The molecule has 0 amide bonds. The van der Waals surface area contributed by atoms with Gasteiger partial charge in [-0.2, -0.15) is 5.10 Å². The molecule has 7 heteroatoms. The van der Waals surface area contributed by atoms with Gasteiger partial charge in [0.05, 0.1) is 21.4 Å². The second-order valence-electron chi connectivity index (χ2n) is 6.56. The molecular formula is C15H19BBrN3O2. The van der Waals surface area contributed by atoms with Gasteiger partial charge in [-0.15, -0.1) is 0 Å². The summed E-state index contributed by atoms with van der Waals surface area (Å²) in [6, 6.07) is 3.91. The van der Waals surface area contributed by atoms with E-state index in [4.69, 9.17) is 9.31 Å². The zero-order chi connectivity index (χ0) is 16.1. The first kappa shape index (κ1) is 15.7. The highest BCUT2D eigenvalue weighted by atomic mass is 79.9. The van der Waals surface area contributed by atoms with Crippen molar-refractivity contribution in [1.82, 2.24) is 14.8 Å². The fraction of sp³-hybridized carbons (Fsp3) is 0.467. The highest BCUT2D eigenvalue weighted by Gasteiger charge is 2.51. The summed E-state index contributed by atoms with van der Waals surface area (Å²) in [6.07, 6.45) is 3.66. The molecule has 0 atom stereocenters. The van der Waals surface area contributed by atoms with E-state index in [1.165, 1.54) is 0 Å². The number of aryl methyl sites for hydroxylation is 1. The first-order chi connectivity index (χ1) is 10.2. The van der Waals surface area contributed by atoms with Gasteiger partial charge in [0.15, 0.2) is 5.82 Å². The fourth-order valence-electron chi connectivity index (χ4n) is 2.26. The van der Waals surface area contributed by atoms with E-state index in [0.29, 0.717) is 0 Å². The first-order valence-corrected chi connectivity index (χ1v) is 8.03. The predicted octanol–water partition coefficient (Wildman–Crippen LogP) is 2.64. The maximum absolute atomic E-state index is 6.05. The second-order valence-corrected chi connectivity index (χ2v) is 7.42. The number of aromatic nitrogens is 3. The molecule has 1 aliphatic rings. The van der Waals surface area contributed by atoms with Crippen LogP contribution in [-0.2, 0) is 9.31 Å². The van der Waals surface area contributed by atoms with E-state index in [2.05, 4.69) is 26.0 Å². The Kier molecular flexibility index (Phi) is 3.70. The smallest absolute Gasteiger partial charge is 0.399 e. The molecule has 0 aliphatic carbocycles. The van der Waals surface area contributed by atoms with Gasteiger partial charge in [0.2, 0.25) is 0 Å². The number of hydrogen-bond acceptors (Lipinski definition) is 4. The van der Waals surface area contributed by atoms with Gasteiger partial charge in [-0.25, -0.2) is 9.67 Å². The summed E-state index contributed by atoms with van der Waals surface area (Å²) in [5, 5.41) is 4.38. The van der Waals surface area contributed by atoms with Crippen LogP contribution in [0, 0.1) is 6.92 Å². The Balaban J connectivity index is 1.90. The molecule has 1 saturated heterocycles. The minimum Gasteiger partial charge on any atom is -0.399 e. The highest BCUT2D eigenvalue weighted by molar-refractivity contribution is 9.10. The summed E-state index contributed by atoms with van der Waals surface area (Å²) < 4.78 is 14.7. The van der Waals surface area contributed by atoms with E-state index in [1.54, 1.807) is 10.9 Å². The lowest BCUT2D eigenvalue weighted by Crippen LogP contribution is -2.41. The zero-order valence-corrected chi connectivity index (χ0v) is 15.0. The average Bonchev–Trinajstić information content (AvgIpc) is 2.91. The van der Waals surface area contributed by atoms with Crippen LogP contribution in [0.4, 0.5) is 0 Å². The van der Waals surface area contributed by atoms with Crippen LogP contribution >= 0.6 is 15.9 Å². The Morgan fingerprint density at radius 2 is 1.82 bits per heavy atom. The van der Waals surface area contributed by atoms with Crippen LogP contribution in [0.2, 0.25) is 0 Å². The van der Waals surface area contributed by atoms with Gasteiger partial charge in [0.25, 0.3) is 0 Å². The minimum absolute atomic E-state index is 0.359. The summed E-state index contributed by atoms with van der Waals surface area (Å²) in [7, 11) is -0.415. The Bertz CT molecular complexity index is 699. The Morgan fingerprint density at radius 3 is 2.32 bits per heavy atom. The topological polar surface area (TPSA) is 49.2 Å². The largest absolute Gasteiger partial charge is 0.496 e. The molecule has 1 fully saturated rings. The predicted molar refractivity (Wildman–Crippen MR) is 89.5 cm³/mol. The van der Waals surface area contributed by atoms with E-state index in [9.17, 15) is 0 Å². The average molecular weight is 364 g/mol. The van der Waals surface area contributed by atoms with Gasteiger partial charge in [-0.1, -0.05) is 0 Å². The molecule has 2 aromatic heterocycles. The van der Waals surface area contributed by atoms with Crippen molar-refractivity contribution in [3.05, 3.63) is 34.7 Å². The maximum atomic E-state index is 6.05. The standard InChI is InChI=1S/C15H19BBrN3O2/c1-10-6-7-20(19-10)13-12(17)8-11(9-18-13)16-21-14(2,3)15(4,5)22-16/h6-9H,1-5H3. The molecule has 3 rings (SSSR count). The third-order valence-electron chi connectivity index (χ3n) is 4.31. The maximum Gasteiger partial charge on any atom is 0.496 e. The minimum atomic E-state index is -0.415. The third-order valence-corrected chi connectivity index (χ3v) is 4.89. The van der Waals surface area contributed by atoms with E-state index in [0.717, 1.165) is 21.4 Å². The summed E-state index contributed by atoms with van der Waals surface area (Å²) in [6.45, 7) is 10.1. The van der Waals surface area contributed by atoms with Crippen molar-refractivity contribution in [1.29, 1.82) is 0 Å². The lowest BCUT2D eigenvalue weighted by atomic mass is 9.80. The zero-order valence-electron chi connectivity index (χ0n) is 13.4. The Labute approximate surface area is 139 Å². The quantitative estimate of drug-likeness (QED) is 0.769. The van der Waals surface area contributed by atoms with Crippen molar-refractivity contribution in [2.75, 3.05) is 0 Å². The molecule has 0 bridgehead atoms. The molecule has 0 N–H and O–H groups in total. The first-order valence-electron chi connectivity index (χ1n) is 7.23. The van der Waals surface area contributed by atoms with Gasteiger partial charge in [0, 0.05) is 17.9 Å². The molecule has 0 spiro atoms. The summed E-state index contributed by atoms with van der Waals surface area (Å²) >= 11 is 3.56. The van der Waals surface area contributed by atoms with E-state index >= 15 is 0 Å². The molecule has 2 aromatic rings. The number of nitrogens with zero attached hydrogens (tertiary/aromatic N) is 3. The fourth-order valence-corrected chi connectivity index (χ4v) is 2.80. The van der Waals surface area contributed by atoms with E-state index in [1.807, 2.05) is 52.9 Å². The van der Waals surface area contributed by atoms with Crippen LogP contribution in [0.15, 0.2) is 29.0 Å². The number of halogens is 1. The second kappa shape index (κ2) is 5.18. The SMILES string of the molecule is Cc1ccn(-c2ncc(B3OC(C)(C)C(C)(C)O3)cc2Br)n1. The summed E-state index contributed by atoms with van der Waals surface area (Å²) in [5.74, 6) is 0.744. The molecule has 5 nitrogen and oxygen atoms in total. The van der Waals surface area contributed by atoms with Crippen LogP contribution in [0.3, 0.4) is 0 Å². The lowest BCUT2D eigenvalue weighted by molar-refractivity contribution is 0.00578. The molecule has 0 saturated carbocycles. The van der Waals surface area contributed by atoms with Crippen LogP contribution in [-0.4, -0.2) is 33.1 Å². The van der Waals surface area contributed by atoms with Crippen LogP contribution in [0.25, 0.3) is 5.82 Å². The van der Waals surface area contributed by atoms with Gasteiger partial charge < -0.3 is 9.31 Å². The lowest BCUT2D eigenvalue weighted by Gasteiger charge is -2.32. The van der Waals surface area contributed by atoms with Crippen LogP contribution in [0.1, 0.15) is 33.4 Å². The number of pyridine rings is 1. The normalized spacial score (nSPS) is 19.6. The van der Waals surface area contributed by atoms with Gasteiger partial charge >= 0.3 is 7.12 Å². The van der Waals surface area contributed by atoms with Gasteiger partial charge in [-0.3, -0.25) is 0 Å².